The Bertz CT molecular complexity index is 940. The van der Waals surface area contributed by atoms with Gasteiger partial charge in [-0.05, 0) is 48.2 Å². The van der Waals surface area contributed by atoms with E-state index in [2.05, 4.69) is 62.2 Å². The monoisotopic (exact) mass is 263 g/mol. The van der Waals surface area contributed by atoms with Gasteiger partial charge in [-0.25, -0.2) is 0 Å². The topological polar surface area (TPSA) is 28.9 Å². The van der Waals surface area contributed by atoms with Crippen LogP contribution in [0.5, 0.6) is 0 Å². The Labute approximate surface area is 117 Å². The molecule has 2 aromatic carbocycles. The molecule has 0 aliphatic heterocycles. The lowest BCUT2D eigenvalue weighted by atomic mass is 10.0. The van der Waals surface area contributed by atoms with Crippen LogP contribution in [0.3, 0.4) is 0 Å². The molecule has 2 heteroatoms. The third-order valence-corrected chi connectivity index (χ3v) is 4.06. The van der Waals surface area contributed by atoms with Crippen molar-refractivity contribution in [2.24, 2.45) is 0 Å². The maximum Gasteiger partial charge on any atom is 0.160 e. The Hall–Kier alpha value is -2.22. The summed E-state index contributed by atoms with van der Waals surface area (Å²) in [4.78, 5) is 3.51. The second kappa shape index (κ2) is 3.89. The van der Waals surface area contributed by atoms with E-state index in [1.54, 1.807) is 0 Å². The average Bonchev–Trinajstić information content (AvgIpc) is 2.93. The molecule has 2 aromatic heterocycles. The molecule has 4 rings (SSSR count). The molecule has 0 bridgehead atoms. The Morgan fingerprint density at radius 2 is 1.85 bits per heavy atom. The summed E-state index contributed by atoms with van der Waals surface area (Å²) >= 11 is 0. The number of furan rings is 1. The van der Waals surface area contributed by atoms with Gasteiger partial charge in [-0.2, -0.15) is 0 Å². The minimum absolute atomic E-state index is 0.524. The zero-order valence-corrected chi connectivity index (χ0v) is 11.9. The minimum atomic E-state index is 0.524. The SMILES string of the molecule is Cc1ccc2c(c1)[nH]c1c3cc(C(C)C)ccc3oc21. The maximum atomic E-state index is 6.05. The van der Waals surface area contributed by atoms with E-state index in [1.807, 2.05) is 0 Å². The summed E-state index contributed by atoms with van der Waals surface area (Å²) in [5.41, 5.74) is 6.79. The molecule has 0 atom stereocenters. The number of aromatic amines is 1. The van der Waals surface area contributed by atoms with E-state index in [-0.39, 0.29) is 0 Å². The number of aromatic nitrogens is 1. The Balaban J connectivity index is 2.13. The smallest absolute Gasteiger partial charge is 0.160 e. The van der Waals surface area contributed by atoms with Crippen LogP contribution in [0.4, 0.5) is 0 Å². The lowest BCUT2D eigenvalue weighted by molar-refractivity contribution is 0.672. The van der Waals surface area contributed by atoms with Crippen LogP contribution < -0.4 is 0 Å². The molecule has 100 valence electrons. The largest absolute Gasteiger partial charge is 0.454 e. The molecule has 0 unspecified atom stereocenters. The summed E-state index contributed by atoms with van der Waals surface area (Å²) in [7, 11) is 0. The first kappa shape index (κ1) is 11.6. The van der Waals surface area contributed by atoms with E-state index >= 15 is 0 Å². The van der Waals surface area contributed by atoms with Gasteiger partial charge in [0.05, 0.1) is 5.52 Å². The molecule has 20 heavy (non-hydrogen) atoms. The molecule has 0 fully saturated rings. The Kier molecular flexibility index (Phi) is 2.25. The van der Waals surface area contributed by atoms with Gasteiger partial charge in [0.25, 0.3) is 0 Å². The average molecular weight is 263 g/mol. The fraction of sp³-hybridized carbons (Fsp3) is 0.222. The molecule has 0 radical (unpaired) electrons. The van der Waals surface area contributed by atoms with Gasteiger partial charge < -0.3 is 9.40 Å². The van der Waals surface area contributed by atoms with Crippen LogP contribution in [0.2, 0.25) is 0 Å². The summed E-state index contributed by atoms with van der Waals surface area (Å²) in [6, 6.07) is 12.9. The fourth-order valence-corrected chi connectivity index (χ4v) is 2.88. The molecule has 0 amide bonds. The first-order valence-electron chi connectivity index (χ1n) is 7.08. The number of benzene rings is 2. The van der Waals surface area contributed by atoms with Crippen LogP contribution in [0.15, 0.2) is 40.8 Å². The molecule has 0 saturated carbocycles. The number of hydrogen-bond acceptors (Lipinski definition) is 1. The first-order valence-corrected chi connectivity index (χ1v) is 7.08. The summed E-state index contributed by atoms with van der Waals surface area (Å²) < 4.78 is 6.05. The molecule has 0 spiro atoms. The molecule has 1 N–H and O–H groups in total. The summed E-state index contributed by atoms with van der Waals surface area (Å²) in [5, 5.41) is 2.34. The molecule has 2 nitrogen and oxygen atoms in total. The van der Waals surface area contributed by atoms with Gasteiger partial charge in [-0.15, -0.1) is 0 Å². The number of hydrogen-bond donors (Lipinski definition) is 1. The van der Waals surface area contributed by atoms with Gasteiger partial charge in [-0.1, -0.05) is 26.0 Å². The summed E-state index contributed by atoms with van der Waals surface area (Å²) in [6.45, 7) is 6.54. The van der Waals surface area contributed by atoms with Crippen molar-refractivity contribution in [3.05, 3.63) is 47.5 Å². The van der Waals surface area contributed by atoms with Gasteiger partial charge in [0.15, 0.2) is 5.58 Å². The summed E-state index contributed by atoms with van der Waals surface area (Å²) in [6.07, 6.45) is 0. The highest BCUT2D eigenvalue weighted by Crippen LogP contribution is 2.35. The van der Waals surface area contributed by atoms with Crippen LogP contribution in [0.25, 0.3) is 33.0 Å². The van der Waals surface area contributed by atoms with Gasteiger partial charge in [0, 0.05) is 16.3 Å². The maximum absolute atomic E-state index is 6.05. The summed E-state index contributed by atoms with van der Waals surface area (Å²) in [5.74, 6) is 0.524. The van der Waals surface area contributed by atoms with E-state index in [4.69, 9.17) is 4.42 Å². The van der Waals surface area contributed by atoms with Crippen LogP contribution in [0, 0.1) is 6.92 Å². The van der Waals surface area contributed by atoms with Crippen LogP contribution in [0.1, 0.15) is 30.9 Å². The lowest BCUT2D eigenvalue weighted by Gasteiger charge is -2.03. The molecule has 0 aliphatic carbocycles. The van der Waals surface area contributed by atoms with E-state index < -0.39 is 0 Å². The highest BCUT2D eigenvalue weighted by molar-refractivity contribution is 6.14. The molecule has 0 aliphatic rings. The minimum Gasteiger partial charge on any atom is -0.454 e. The van der Waals surface area contributed by atoms with Gasteiger partial charge in [-0.3, -0.25) is 0 Å². The van der Waals surface area contributed by atoms with Crippen molar-refractivity contribution in [1.82, 2.24) is 4.98 Å². The highest BCUT2D eigenvalue weighted by atomic mass is 16.3. The quantitative estimate of drug-likeness (QED) is 0.482. The number of nitrogens with one attached hydrogen (secondary N) is 1. The molecular formula is C18H17NO. The van der Waals surface area contributed by atoms with Crippen molar-refractivity contribution in [3.8, 4) is 0 Å². The second-order valence-electron chi connectivity index (χ2n) is 5.89. The Morgan fingerprint density at radius 3 is 2.65 bits per heavy atom. The molecular weight excluding hydrogens is 246 g/mol. The van der Waals surface area contributed by atoms with Gasteiger partial charge >= 0.3 is 0 Å². The predicted octanol–water partition coefficient (Wildman–Crippen LogP) is 5.50. The molecule has 4 aromatic rings. The van der Waals surface area contributed by atoms with E-state index in [9.17, 15) is 0 Å². The first-order chi connectivity index (χ1) is 9.63. The number of fused-ring (bicyclic) bond motifs is 5. The fourth-order valence-electron chi connectivity index (χ4n) is 2.88. The molecule has 0 saturated heterocycles. The highest BCUT2D eigenvalue weighted by Gasteiger charge is 2.14. The second-order valence-corrected chi connectivity index (χ2v) is 5.89. The predicted molar refractivity (Wildman–Crippen MR) is 84.4 cm³/mol. The zero-order chi connectivity index (χ0) is 13.9. The van der Waals surface area contributed by atoms with Crippen LogP contribution in [-0.2, 0) is 0 Å². The van der Waals surface area contributed by atoms with E-state index in [0.717, 1.165) is 27.6 Å². The zero-order valence-electron chi connectivity index (χ0n) is 11.9. The Morgan fingerprint density at radius 1 is 1.00 bits per heavy atom. The van der Waals surface area contributed by atoms with Crippen molar-refractivity contribution in [2.45, 2.75) is 26.7 Å². The van der Waals surface area contributed by atoms with Crippen molar-refractivity contribution < 1.29 is 4.42 Å². The van der Waals surface area contributed by atoms with E-state index in [0.29, 0.717) is 5.92 Å². The van der Waals surface area contributed by atoms with Gasteiger partial charge in [0.1, 0.15) is 5.58 Å². The van der Waals surface area contributed by atoms with Crippen LogP contribution >= 0.6 is 0 Å². The number of rotatable bonds is 1. The number of aryl methyl sites for hydroxylation is 1. The van der Waals surface area contributed by atoms with Crippen molar-refractivity contribution in [3.63, 3.8) is 0 Å². The third-order valence-electron chi connectivity index (χ3n) is 4.06. The third kappa shape index (κ3) is 1.51. The normalized spacial score (nSPS) is 12.2. The lowest BCUT2D eigenvalue weighted by Crippen LogP contribution is -1.85. The van der Waals surface area contributed by atoms with Gasteiger partial charge in [0.2, 0.25) is 0 Å². The standard InChI is InChI=1S/C18H17NO/c1-10(2)12-5-7-16-14(9-12)17-18(20-16)13-6-4-11(3)8-15(13)19-17/h4-10,19H,1-3H3. The van der Waals surface area contributed by atoms with Crippen molar-refractivity contribution >= 4 is 33.0 Å². The van der Waals surface area contributed by atoms with Crippen LogP contribution in [-0.4, -0.2) is 4.98 Å². The number of H-pyrrole nitrogens is 1. The van der Waals surface area contributed by atoms with Crippen molar-refractivity contribution in [1.29, 1.82) is 0 Å². The van der Waals surface area contributed by atoms with Crippen molar-refractivity contribution in [2.75, 3.05) is 0 Å². The molecule has 2 heterocycles. The van der Waals surface area contributed by atoms with E-state index in [1.165, 1.54) is 16.5 Å².